The molecule has 2 nitrogen and oxygen atoms in total. The highest BCUT2D eigenvalue weighted by Gasteiger charge is 2.39. The van der Waals surface area contributed by atoms with Gasteiger partial charge in [-0.3, -0.25) is 0 Å². The van der Waals surface area contributed by atoms with Crippen molar-refractivity contribution in [2.75, 3.05) is 0 Å². The fraction of sp³-hybridized carbons (Fsp3) is 0.143. The molecule has 0 aliphatic carbocycles. The Morgan fingerprint density at radius 2 is 1.13 bits per heavy atom. The van der Waals surface area contributed by atoms with Crippen LogP contribution in [0.3, 0.4) is 0 Å². The van der Waals surface area contributed by atoms with Gasteiger partial charge in [-0.1, -0.05) is 54.1 Å². The maximum Gasteiger partial charge on any atom is 0.429 e. The van der Waals surface area contributed by atoms with Gasteiger partial charge < -0.3 is 9.47 Å². The van der Waals surface area contributed by atoms with E-state index in [9.17, 15) is 39.5 Å². The highest BCUT2D eigenvalue weighted by Crippen LogP contribution is 2.37. The molecule has 5 aromatic rings. The van der Waals surface area contributed by atoms with Crippen LogP contribution in [0, 0.1) is 36.0 Å². The molecule has 0 N–H and O–H groups in total. The van der Waals surface area contributed by atoms with Crippen LogP contribution in [0.5, 0.6) is 11.5 Å². The summed E-state index contributed by atoms with van der Waals surface area (Å²) in [6, 6.07) is 18.5. The molecular weight excluding hydrogens is 623 g/mol. The van der Waals surface area contributed by atoms with E-state index in [-0.39, 0.29) is 23.1 Å². The summed E-state index contributed by atoms with van der Waals surface area (Å²) in [5.74, 6) is -8.13. The third kappa shape index (κ3) is 7.47. The molecule has 0 aliphatic rings. The standard InChI is InChI=1S/C35H23F9O2/c1-20-2-4-21(5-3-20)14-15-34(41,42)45-26-11-13-28(30(37)19-26)35(43,44)46-25-9-6-22(7-10-25)23-8-12-27(29(36)16-23)24-17-31(38)33(40)32(39)18-24/h2-13,16-19H,14-15H2,1H3. The molecule has 0 amide bonds. The Kier molecular flexibility index (Phi) is 9.05. The summed E-state index contributed by atoms with van der Waals surface area (Å²) >= 11 is 0. The maximum absolute atomic E-state index is 14.9. The summed E-state index contributed by atoms with van der Waals surface area (Å²) in [4.78, 5) is 0. The minimum absolute atomic E-state index is 0.0305. The van der Waals surface area contributed by atoms with Crippen molar-refractivity contribution >= 4 is 0 Å². The van der Waals surface area contributed by atoms with E-state index >= 15 is 0 Å². The van der Waals surface area contributed by atoms with Gasteiger partial charge in [0.15, 0.2) is 17.5 Å². The number of aryl methyl sites for hydroxylation is 2. The van der Waals surface area contributed by atoms with Crippen LogP contribution >= 0.6 is 0 Å². The van der Waals surface area contributed by atoms with E-state index in [1.807, 2.05) is 6.92 Å². The van der Waals surface area contributed by atoms with E-state index < -0.39 is 64.8 Å². The predicted octanol–water partition coefficient (Wildman–Crippen LogP) is 10.8. The highest BCUT2D eigenvalue weighted by molar-refractivity contribution is 5.71. The van der Waals surface area contributed by atoms with Crippen LogP contribution in [-0.4, -0.2) is 6.11 Å². The number of hydrogen-bond acceptors (Lipinski definition) is 2. The van der Waals surface area contributed by atoms with Crippen LogP contribution in [-0.2, 0) is 12.5 Å². The Labute approximate surface area is 257 Å². The van der Waals surface area contributed by atoms with Crippen molar-refractivity contribution in [1.82, 2.24) is 0 Å². The molecule has 0 aromatic heterocycles. The molecule has 238 valence electrons. The van der Waals surface area contributed by atoms with Crippen molar-refractivity contribution in [2.24, 2.45) is 0 Å². The van der Waals surface area contributed by atoms with Crippen LogP contribution in [0.25, 0.3) is 22.3 Å². The first-order valence-electron chi connectivity index (χ1n) is 13.7. The Morgan fingerprint density at radius 1 is 0.543 bits per heavy atom. The third-order valence-corrected chi connectivity index (χ3v) is 7.04. The minimum Gasteiger partial charge on any atom is -0.432 e. The molecule has 0 spiro atoms. The zero-order valence-electron chi connectivity index (χ0n) is 23.9. The van der Waals surface area contributed by atoms with E-state index in [1.54, 1.807) is 24.3 Å². The Bertz CT molecular complexity index is 1830. The first-order valence-corrected chi connectivity index (χ1v) is 13.7. The monoisotopic (exact) mass is 646 g/mol. The van der Waals surface area contributed by atoms with Crippen LogP contribution in [0.15, 0.2) is 97.1 Å². The van der Waals surface area contributed by atoms with Gasteiger partial charge in [-0.25, -0.2) is 22.0 Å². The molecule has 0 fully saturated rings. The van der Waals surface area contributed by atoms with Gasteiger partial charge >= 0.3 is 12.2 Å². The molecule has 11 heteroatoms. The van der Waals surface area contributed by atoms with Gasteiger partial charge in [0.2, 0.25) is 0 Å². The average Bonchev–Trinajstić information content (AvgIpc) is 2.99. The molecule has 0 aliphatic heterocycles. The van der Waals surface area contributed by atoms with Gasteiger partial charge in [0, 0.05) is 11.6 Å². The highest BCUT2D eigenvalue weighted by atomic mass is 19.3. The van der Waals surface area contributed by atoms with E-state index in [1.165, 1.54) is 24.3 Å². The molecule has 0 radical (unpaired) electrons. The molecule has 0 atom stereocenters. The minimum atomic E-state index is -4.22. The quantitative estimate of drug-likeness (QED) is 0.111. The number of benzene rings is 5. The zero-order valence-corrected chi connectivity index (χ0v) is 23.9. The topological polar surface area (TPSA) is 18.5 Å². The molecular formula is C35H23F9O2. The van der Waals surface area contributed by atoms with Gasteiger partial charge in [0.25, 0.3) is 0 Å². The lowest BCUT2D eigenvalue weighted by molar-refractivity contribution is -0.187. The number of halogens is 9. The lowest BCUT2D eigenvalue weighted by Crippen LogP contribution is -2.26. The molecule has 5 rings (SSSR count). The second-order valence-electron chi connectivity index (χ2n) is 10.5. The van der Waals surface area contributed by atoms with E-state index in [0.29, 0.717) is 35.4 Å². The smallest absolute Gasteiger partial charge is 0.429 e. The van der Waals surface area contributed by atoms with E-state index in [2.05, 4.69) is 4.74 Å². The van der Waals surface area contributed by atoms with Crippen LogP contribution < -0.4 is 9.47 Å². The van der Waals surface area contributed by atoms with Crippen molar-refractivity contribution in [1.29, 1.82) is 0 Å². The van der Waals surface area contributed by atoms with Crippen LogP contribution in [0.4, 0.5) is 39.5 Å². The van der Waals surface area contributed by atoms with Crippen LogP contribution in [0.1, 0.15) is 23.1 Å². The lowest BCUT2D eigenvalue weighted by Gasteiger charge is -2.21. The van der Waals surface area contributed by atoms with Crippen molar-refractivity contribution in [3.8, 4) is 33.8 Å². The second-order valence-corrected chi connectivity index (χ2v) is 10.5. The van der Waals surface area contributed by atoms with Gasteiger partial charge in [0.1, 0.15) is 28.7 Å². The first-order chi connectivity index (χ1) is 21.7. The van der Waals surface area contributed by atoms with Crippen LogP contribution in [0.2, 0.25) is 0 Å². The number of alkyl halides is 4. The molecule has 0 saturated carbocycles. The maximum atomic E-state index is 14.9. The molecule has 0 saturated heterocycles. The largest absolute Gasteiger partial charge is 0.432 e. The first kappa shape index (κ1) is 32.5. The lowest BCUT2D eigenvalue weighted by atomic mass is 9.99. The van der Waals surface area contributed by atoms with E-state index in [0.717, 1.165) is 29.8 Å². The van der Waals surface area contributed by atoms with Crippen molar-refractivity contribution in [2.45, 2.75) is 32.0 Å². The van der Waals surface area contributed by atoms with Gasteiger partial charge in [-0.2, -0.15) is 17.6 Å². The van der Waals surface area contributed by atoms with Crippen molar-refractivity contribution in [3.63, 3.8) is 0 Å². The molecule has 46 heavy (non-hydrogen) atoms. The van der Waals surface area contributed by atoms with Gasteiger partial charge in [-0.15, -0.1) is 0 Å². The average molecular weight is 647 g/mol. The second kappa shape index (κ2) is 12.8. The summed E-state index contributed by atoms with van der Waals surface area (Å²) in [5.41, 5.74) is 0.550. The summed E-state index contributed by atoms with van der Waals surface area (Å²) in [6.07, 6.45) is -8.66. The Morgan fingerprint density at radius 3 is 1.74 bits per heavy atom. The summed E-state index contributed by atoms with van der Waals surface area (Å²) in [6.45, 7) is 1.85. The van der Waals surface area contributed by atoms with Gasteiger partial charge in [-0.05, 0) is 78.1 Å². The molecule has 0 bridgehead atoms. The Hall–Kier alpha value is -4.93. The number of ether oxygens (including phenoxy) is 2. The zero-order chi connectivity index (χ0) is 33.2. The number of rotatable bonds is 10. The molecule has 0 unspecified atom stereocenters. The van der Waals surface area contributed by atoms with Crippen molar-refractivity contribution < 1.29 is 49.0 Å². The predicted molar refractivity (Wildman–Crippen MR) is 153 cm³/mol. The molecule has 0 heterocycles. The summed E-state index contributed by atoms with van der Waals surface area (Å²) < 4.78 is 138. The summed E-state index contributed by atoms with van der Waals surface area (Å²) in [7, 11) is 0. The Balaban J connectivity index is 1.25. The fourth-order valence-electron chi connectivity index (χ4n) is 4.62. The third-order valence-electron chi connectivity index (χ3n) is 7.04. The fourth-order valence-corrected chi connectivity index (χ4v) is 4.62. The number of hydrogen-bond donors (Lipinski definition) is 0. The van der Waals surface area contributed by atoms with E-state index in [4.69, 9.17) is 4.74 Å². The molecule has 5 aromatic carbocycles. The SMILES string of the molecule is Cc1ccc(CCC(F)(F)Oc2ccc(C(F)(F)Oc3ccc(-c4ccc(-c5cc(F)c(F)c(F)c5)c(F)c4)cc3)c(F)c2)cc1. The normalized spacial score (nSPS) is 11.9. The van der Waals surface area contributed by atoms with Crippen molar-refractivity contribution in [3.05, 3.63) is 143 Å². The van der Waals surface area contributed by atoms with Gasteiger partial charge in [0.05, 0.1) is 6.42 Å². The summed E-state index contributed by atoms with van der Waals surface area (Å²) in [5, 5.41) is 0.